The molecule has 0 bridgehead atoms. The van der Waals surface area contributed by atoms with E-state index in [4.69, 9.17) is 4.74 Å². The molecule has 6 rings (SSSR count). The number of piperidine rings is 2. The zero-order chi connectivity index (χ0) is 38.0. The predicted octanol–water partition coefficient (Wildman–Crippen LogP) is 5.76. The van der Waals surface area contributed by atoms with E-state index in [1.807, 2.05) is 12.1 Å². The molecule has 0 radical (unpaired) electrons. The number of nitrogens with zero attached hydrogens (tertiary/aromatic N) is 6. The number of carbonyl (C=O) groups excluding carboxylic acids is 3. The SMILES string of the molecule is CN(CCC1CCN(Cc2cccc3c2n(C)c(=O)n3C2CCC(=O)NC2=O)CC1)CC1CCC(n2cc(NC(=O)OC(C)(C)C)c(C(F)F)n2)CC1. The molecule has 53 heavy (non-hydrogen) atoms. The number of benzene rings is 1. The highest BCUT2D eigenvalue weighted by molar-refractivity contribution is 6.00. The molecular formula is C38H54F2N8O5. The van der Waals surface area contributed by atoms with Crippen molar-refractivity contribution in [3.63, 3.8) is 0 Å². The Morgan fingerprint density at radius 3 is 2.43 bits per heavy atom. The number of ether oxygens (including phenoxy) is 1. The van der Waals surface area contributed by atoms with Crippen LogP contribution < -0.4 is 16.3 Å². The maximum absolute atomic E-state index is 13.8. The van der Waals surface area contributed by atoms with E-state index < -0.39 is 35.8 Å². The number of hydrogen-bond donors (Lipinski definition) is 2. The Labute approximate surface area is 309 Å². The number of likely N-dealkylation sites (tertiary alicyclic amines) is 1. The number of imidazole rings is 1. The molecule has 0 spiro atoms. The molecule has 2 aliphatic heterocycles. The van der Waals surface area contributed by atoms with Crippen molar-refractivity contribution in [3.05, 3.63) is 46.1 Å². The van der Waals surface area contributed by atoms with Gasteiger partial charge in [-0.15, -0.1) is 0 Å². The number of aromatic nitrogens is 4. The molecule has 13 nitrogen and oxygen atoms in total. The first-order chi connectivity index (χ1) is 25.2. The van der Waals surface area contributed by atoms with Crippen LogP contribution in [-0.4, -0.2) is 85.4 Å². The summed E-state index contributed by atoms with van der Waals surface area (Å²) in [5.74, 6) is 0.449. The van der Waals surface area contributed by atoms with Gasteiger partial charge in [-0.2, -0.15) is 5.10 Å². The summed E-state index contributed by atoms with van der Waals surface area (Å²) in [4.78, 5) is 54.8. The highest BCUT2D eigenvalue weighted by atomic mass is 19.3. The van der Waals surface area contributed by atoms with Gasteiger partial charge < -0.3 is 9.64 Å². The summed E-state index contributed by atoms with van der Waals surface area (Å²) in [6, 6.07) is 5.19. The zero-order valence-electron chi connectivity index (χ0n) is 31.6. The van der Waals surface area contributed by atoms with Gasteiger partial charge >= 0.3 is 11.8 Å². The Kier molecular flexibility index (Phi) is 11.7. The number of rotatable bonds is 11. The second kappa shape index (κ2) is 16.1. The van der Waals surface area contributed by atoms with Gasteiger partial charge in [0.05, 0.1) is 22.8 Å². The van der Waals surface area contributed by atoms with E-state index in [2.05, 4.69) is 38.6 Å². The fraction of sp³-hybridized carbons (Fsp3) is 0.658. The maximum Gasteiger partial charge on any atom is 0.412 e. The van der Waals surface area contributed by atoms with Crippen LogP contribution in [0.2, 0.25) is 0 Å². The third-order valence-corrected chi connectivity index (χ3v) is 11.1. The van der Waals surface area contributed by atoms with Crippen molar-refractivity contribution in [2.75, 3.05) is 38.5 Å². The lowest BCUT2D eigenvalue weighted by atomic mass is 9.85. The molecule has 290 valence electrons. The lowest BCUT2D eigenvalue weighted by Crippen LogP contribution is -2.44. The number of anilines is 1. The second-order valence-electron chi connectivity index (χ2n) is 16.2. The van der Waals surface area contributed by atoms with Crippen LogP contribution in [0.1, 0.15) is 108 Å². The van der Waals surface area contributed by atoms with Gasteiger partial charge in [0.1, 0.15) is 11.6 Å². The van der Waals surface area contributed by atoms with Gasteiger partial charge in [-0.25, -0.2) is 18.4 Å². The number of para-hydroxylation sites is 1. The minimum Gasteiger partial charge on any atom is -0.444 e. The first-order valence-electron chi connectivity index (χ1n) is 19.0. The number of halogens is 2. The fourth-order valence-electron chi connectivity index (χ4n) is 8.34. The molecule has 1 aliphatic carbocycles. The fourth-order valence-corrected chi connectivity index (χ4v) is 8.34. The average Bonchev–Trinajstić information content (AvgIpc) is 3.62. The van der Waals surface area contributed by atoms with Crippen LogP contribution in [-0.2, 0) is 27.9 Å². The number of imide groups is 1. The second-order valence-corrected chi connectivity index (χ2v) is 16.2. The van der Waals surface area contributed by atoms with Gasteiger partial charge in [-0.1, -0.05) is 12.1 Å². The quantitative estimate of drug-likeness (QED) is 0.237. The summed E-state index contributed by atoms with van der Waals surface area (Å²) in [6.07, 6.45) is 5.47. The highest BCUT2D eigenvalue weighted by Gasteiger charge is 2.32. The highest BCUT2D eigenvalue weighted by Crippen LogP contribution is 2.35. The lowest BCUT2D eigenvalue weighted by Gasteiger charge is -2.34. The van der Waals surface area contributed by atoms with Gasteiger partial charge in [0.15, 0.2) is 5.69 Å². The normalized spacial score (nSPS) is 22.2. The van der Waals surface area contributed by atoms with Gasteiger partial charge in [-0.05, 0) is 122 Å². The molecule has 2 N–H and O–H groups in total. The van der Waals surface area contributed by atoms with Gasteiger partial charge in [0, 0.05) is 32.8 Å². The minimum atomic E-state index is -2.81. The summed E-state index contributed by atoms with van der Waals surface area (Å²) in [7, 11) is 3.93. The van der Waals surface area contributed by atoms with Crippen molar-refractivity contribution < 1.29 is 27.9 Å². The third kappa shape index (κ3) is 9.17. The molecule has 3 aliphatic rings. The van der Waals surface area contributed by atoms with Crippen molar-refractivity contribution in [1.29, 1.82) is 0 Å². The van der Waals surface area contributed by atoms with E-state index in [9.17, 15) is 28.0 Å². The monoisotopic (exact) mass is 740 g/mol. The van der Waals surface area contributed by atoms with Crippen molar-refractivity contribution in [3.8, 4) is 0 Å². The van der Waals surface area contributed by atoms with Gasteiger partial charge in [0.25, 0.3) is 6.43 Å². The number of fused-ring (bicyclic) bond motifs is 1. The van der Waals surface area contributed by atoms with Crippen LogP contribution in [0, 0.1) is 11.8 Å². The first-order valence-corrected chi connectivity index (χ1v) is 19.0. The van der Waals surface area contributed by atoms with E-state index >= 15 is 0 Å². The van der Waals surface area contributed by atoms with E-state index in [-0.39, 0.29) is 29.7 Å². The largest absolute Gasteiger partial charge is 0.444 e. The van der Waals surface area contributed by atoms with Gasteiger partial charge in [0.2, 0.25) is 11.8 Å². The van der Waals surface area contributed by atoms with E-state index in [0.29, 0.717) is 18.3 Å². The minimum absolute atomic E-state index is 0.00650. The van der Waals surface area contributed by atoms with Crippen molar-refractivity contribution in [2.45, 2.75) is 109 Å². The summed E-state index contributed by atoms with van der Waals surface area (Å²) in [5, 5.41) is 9.00. The number of nitrogens with one attached hydrogen (secondary N) is 2. The Bertz CT molecular complexity index is 1850. The average molecular weight is 741 g/mol. The molecule has 15 heteroatoms. The molecule has 3 aromatic rings. The van der Waals surface area contributed by atoms with E-state index in [1.54, 1.807) is 41.6 Å². The number of hydrogen-bond acceptors (Lipinski definition) is 8. The lowest BCUT2D eigenvalue weighted by molar-refractivity contribution is -0.135. The van der Waals surface area contributed by atoms with Crippen molar-refractivity contribution in [1.82, 2.24) is 34.0 Å². The summed E-state index contributed by atoms with van der Waals surface area (Å²) >= 11 is 0. The van der Waals surface area contributed by atoms with Crippen LogP contribution in [0.15, 0.2) is 29.2 Å². The molecule has 2 aromatic heterocycles. The number of alkyl halides is 2. The number of carbonyl (C=O) groups is 3. The first kappa shape index (κ1) is 38.6. The Hall–Kier alpha value is -4.11. The van der Waals surface area contributed by atoms with Crippen LogP contribution in [0.25, 0.3) is 11.0 Å². The van der Waals surface area contributed by atoms with Gasteiger partial charge in [-0.3, -0.25) is 38.9 Å². The molecule has 4 heterocycles. The van der Waals surface area contributed by atoms with E-state index in [1.165, 1.54) is 6.20 Å². The number of aryl methyl sites for hydroxylation is 1. The molecule has 3 amide bonds. The smallest absolute Gasteiger partial charge is 0.412 e. The molecule has 1 aromatic carbocycles. The molecule has 1 saturated carbocycles. The zero-order valence-corrected chi connectivity index (χ0v) is 31.6. The van der Waals surface area contributed by atoms with E-state index in [0.717, 1.165) is 94.3 Å². The molecular weight excluding hydrogens is 686 g/mol. The molecule has 1 unspecified atom stereocenters. The summed E-state index contributed by atoms with van der Waals surface area (Å²) in [5.41, 5.74) is 1.18. The molecule has 2 saturated heterocycles. The van der Waals surface area contributed by atoms with Crippen LogP contribution >= 0.6 is 0 Å². The Morgan fingerprint density at radius 1 is 1.06 bits per heavy atom. The summed E-state index contributed by atoms with van der Waals surface area (Å²) < 4.78 is 37.5. The molecule has 1 atom stereocenters. The van der Waals surface area contributed by atoms with Crippen LogP contribution in [0.3, 0.4) is 0 Å². The standard InChI is InChI=1S/C38H54F2N8O5/c1-38(2,3)53-36(51)41-28-23-47(43-32(28)34(39)40)27-11-9-25(10-12-27)21-44(4)18-15-24-16-19-46(20-17-24)22-26-7-6-8-29-33(26)45(5)37(52)48(29)30-13-14-31(49)42-35(30)50/h6-8,23-25,27,30,34H,9-22H2,1-5H3,(H,41,51)(H,42,49,50). The maximum atomic E-state index is 13.8. The number of amides is 3. The Morgan fingerprint density at radius 2 is 1.77 bits per heavy atom. The van der Waals surface area contributed by atoms with Crippen LogP contribution in [0.4, 0.5) is 19.3 Å². The van der Waals surface area contributed by atoms with Crippen LogP contribution in [0.5, 0.6) is 0 Å². The topological polar surface area (TPSA) is 136 Å². The Balaban J connectivity index is 0.948. The molecule has 3 fully saturated rings. The van der Waals surface area contributed by atoms with Crippen molar-refractivity contribution in [2.24, 2.45) is 18.9 Å². The summed E-state index contributed by atoms with van der Waals surface area (Å²) in [6.45, 7) is 9.86. The third-order valence-electron chi connectivity index (χ3n) is 11.1. The van der Waals surface area contributed by atoms with Crippen molar-refractivity contribution >= 4 is 34.6 Å². The predicted molar refractivity (Wildman–Crippen MR) is 197 cm³/mol.